The summed E-state index contributed by atoms with van der Waals surface area (Å²) in [5.74, 6) is 0. The molecule has 0 saturated carbocycles. The number of rotatable bonds is 6. The van der Waals surface area contributed by atoms with Crippen LogP contribution in [0.4, 0.5) is 13.2 Å². The van der Waals surface area contributed by atoms with E-state index in [0.717, 1.165) is 22.5 Å². The lowest BCUT2D eigenvalue weighted by atomic mass is 10.2. The lowest BCUT2D eigenvalue weighted by Gasteiger charge is -2.17. The summed E-state index contributed by atoms with van der Waals surface area (Å²) in [5.41, 5.74) is -0.983. The monoisotopic (exact) mass is 311 g/mol. The Morgan fingerprint density at radius 2 is 1.95 bits per heavy atom. The van der Waals surface area contributed by atoms with Crippen LogP contribution in [0, 0.1) is 0 Å². The largest absolute Gasteiger partial charge is 0.416 e. The van der Waals surface area contributed by atoms with Crippen LogP contribution in [0.3, 0.4) is 0 Å². The number of ether oxygens (including phenoxy) is 1. The van der Waals surface area contributed by atoms with E-state index in [2.05, 4.69) is 0 Å². The fraction of sp³-hybridized carbons (Fsp3) is 0.500. The van der Waals surface area contributed by atoms with Crippen molar-refractivity contribution in [2.45, 2.75) is 17.5 Å². The Bertz CT molecular complexity index is 543. The highest BCUT2D eigenvalue weighted by Crippen LogP contribution is 2.30. The molecular formula is C12H16F3NO3S. The molecule has 4 nitrogen and oxygen atoms in total. The Labute approximate surface area is 116 Å². The molecule has 1 aromatic rings. The van der Waals surface area contributed by atoms with Crippen molar-refractivity contribution in [3.05, 3.63) is 29.8 Å². The molecule has 20 heavy (non-hydrogen) atoms. The van der Waals surface area contributed by atoms with Crippen molar-refractivity contribution in [3.8, 4) is 0 Å². The van der Waals surface area contributed by atoms with Crippen molar-refractivity contribution in [1.29, 1.82) is 0 Å². The molecule has 0 aliphatic rings. The van der Waals surface area contributed by atoms with Crippen LogP contribution in [-0.4, -0.2) is 40.0 Å². The summed E-state index contributed by atoms with van der Waals surface area (Å²) in [6.07, 6.45) is -4.11. The van der Waals surface area contributed by atoms with Gasteiger partial charge in [0, 0.05) is 27.3 Å². The molecular weight excluding hydrogens is 295 g/mol. The third-order valence-electron chi connectivity index (χ3n) is 2.69. The molecule has 0 N–H and O–H groups in total. The van der Waals surface area contributed by atoms with E-state index < -0.39 is 21.8 Å². The fourth-order valence-corrected chi connectivity index (χ4v) is 2.82. The van der Waals surface area contributed by atoms with E-state index in [1.807, 2.05) is 0 Å². The van der Waals surface area contributed by atoms with Crippen LogP contribution >= 0.6 is 0 Å². The van der Waals surface area contributed by atoms with E-state index in [-0.39, 0.29) is 11.4 Å². The minimum absolute atomic E-state index is 0.173. The highest BCUT2D eigenvalue weighted by atomic mass is 32.2. The van der Waals surface area contributed by atoms with Gasteiger partial charge in [0.05, 0.1) is 10.5 Å². The first kappa shape index (κ1) is 16.9. The molecule has 0 saturated heterocycles. The summed E-state index contributed by atoms with van der Waals surface area (Å²) in [6.45, 7) is 0.550. The predicted octanol–water partition coefficient (Wildman–Crippen LogP) is 2.36. The normalized spacial score (nSPS) is 12.9. The van der Waals surface area contributed by atoms with Crippen LogP contribution in [0.2, 0.25) is 0 Å². The van der Waals surface area contributed by atoms with E-state index in [1.54, 1.807) is 0 Å². The first-order chi connectivity index (χ1) is 9.19. The van der Waals surface area contributed by atoms with Gasteiger partial charge in [-0.15, -0.1) is 0 Å². The molecule has 0 heterocycles. The van der Waals surface area contributed by atoms with E-state index in [0.29, 0.717) is 19.1 Å². The van der Waals surface area contributed by atoms with Crippen LogP contribution in [0.1, 0.15) is 12.0 Å². The first-order valence-electron chi connectivity index (χ1n) is 5.82. The molecule has 0 aliphatic heterocycles. The molecule has 0 radical (unpaired) electrons. The minimum atomic E-state index is -4.57. The second-order valence-electron chi connectivity index (χ2n) is 4.20. The average molecular weight is 311 g/mol. The summed E-state index contributed by atoms with van der Waals surface area (Å²) in [7, 11) is -1.11. The van der Waals surface area contributed by atoms with Gasteiger partial charge in [-0.05, 0) is 24.6 Å². The van der Waals surface area contributed by atoms with Crippen molar-refractivity contribution in [2.75, 3.05) is 27.3 Å². The lowest BCUT2D eigenvalue weighted by Crippen LogP contribution is -2.28. The minimum Gasteiger partial charge on any atom is -0.385 e. The summed E-state index contributed by atoms with van der Waals surface area (Å²) in [5, 5.41) is 0. The molecule has 0 aliphatic carbocycles. The van der Waals surface area contributed by atoms with Crippen LogP contribution in [0.25, 0.3) is 0 Å². The lowest BCUT2D eigenvalue weighted by molar-refractivity contribution is -0.137. The molecule has 0 spiro atoms. The van der Waals surface area contributed by atoms with Crippen LogP contribution in [0.15, 0.2) is 29.2 Å². The highest BCUT2D eigenvalue weighted by molar-refractivity contribution is 7.89. The van der Waals surface area contributed by atoms with Gasteiger partial charge in [0.15, 0.2) is 0 Å². The zero-order chi connectivity index (χ0) is 15.4. The van der Waals surface area contributed by atoms with Crippen molar-refractivity contribution in [2.24, 2.45) is 0 Å². The second kappa shape index (κ2) is 6.55. The quantitative estimate of drug-likeness (QED) is 0.758. The number of methoxy groups -OCH3 is 1. The van der Waals surface area contributed by atoms with Gasteiger partial charge >= 0.3 is 6.18 Å². The van der Waals surface area contributed by atoms with Crippen molar-refractivity contribution < 1.29 is 26.3 Å². The Morgan fingerprint density at radius 3 is 2.50 bits per heavy atom. The van der Waals surface area contributed by atoms with Crippen molar-refractivity contribution in [3.63, 3.8) is 0 Å². The maximum absolute atomic E-state index is 12.6. The molecule has 114 valence electrons. The van der Waals surface area contributed by atoms with Gasteiger partial charge in [-0.1, -0.05) is 6.07 Å². The molecule has 0 atom stereocenters. The first-order valence-corrected chi connectivity index (χ1v) is 7.26. The SMILES string of the molecule is COCCCN(C)S(=O)(=O)c1cccc(C(F)(F)F)c1. The Kier molecular flexibility index (Phi) is 5.55. The standard InChI is InChI=1S/C12H16F3NO3S/c1-16(7-4-8-19-2)20(17,18)11-6-3-5-10(9-11)12(13,14)15/h3,5-6,9H,4,7-8H2,1-2H3. The number of nitrogens with zero attached hydrogens (tertiary/aromatic N) is 1. The number of hydrogen-bond donors (Lipinski definition) is 0. The number of sulfonamides is 1. The molecule has 0 fully saturated rings. The van der Waals surface area contributed by atoms with Crippen LogP contribution in [0.5, 0.6) is 0 Å². The van der Waals surface area contributed by atoms with E-state index in [9.17, 15) is 21.6 Å². The second-order valence-corrected chi connectivity index (χ2v) is 6.24. The molecule has 8 heteroatoms. The molecule has 0 aromatic heterocycles. The molecule has 1 aromatic carbocycles. The maximum atomic E-state index is 12.6. The van der Waals surface area contributed by atoms with Gasteiger partial charge in [-0.2, -0.15) is 13.2 Å². The number of halogens is 3. The smallest absolute Gasteiger partial charge is 0.385 e. The Hall–Kier alpha value is -1.12. The van der Waals surface area contributed by atoms with E-state index in [4.69, 9.17) is 4.74 Å². The van der Waals surface area contributed by atoms with Crippen LogP contribution < -0.4 is 0 Å². The van der Waals surface area contributed by atoms with Gasteiger partial charge in [0.25, 0.3) is 0 Å². The Balaban J connectivity index is 2.98. The number of benzene rings is 1. The summed E-state index contributed by atoms with van der Waals surface area (Å²) < 4.78 is 67.8. The summed E-state index contributed by atoms with van der Waals surface area (Å²) in [4.78, 5) is -0.368. The molecule has 0 amide bonds. The van der Waals surface area contributed by atoms with E-state index >= 15 is 0 Å². The van der Waals surface area contributed by atoms with Gasteiger partial charge in [-0.25, -0.2) is 12.7 Å². The third kappa shape index (κ3) is 4.19. The molecule has 0 unspecified atom stereocenters. The zero-order valence-corrected chi connectivity index (χ0v) is 12.0. The van der Waals surface area contributed by atoms with E-state index in [1.165, 1.54) is 14.2 Å². The van der Waals surface area contributed by atoms with Crippen molar-refractivity contribution >= 4 is 10.0 Å². The third-order valence-corrected chi connectivity index (χ3v) is 4.54. The van der Waals surface area contributed by atoms with Gasteiger partial charge < -0.3 is 4.74 Å². The molecule has 1 rings (SSSR count). The van der Waals surface area contributed by atoms with Crippen LogP contribution in [-0.2, 0) is 20.9 Å². The van der Waals surface area contributed by atoms with Gasteiger partial charge in [0.2, 0.25) is 10.0 Å². The summed E-state index contributed by atoms with van der Waals surface area (Å²) in [6, 6.07) is 3.71. The maximum Gasteiger partial charge on any atom is 0.416 e. The Morgan fingerprint density at radius 1 is 1.30 bits per heavy atom. The van der Waals surface area contributed by atoms with Gasteiger partial charge in [0.1, 0.15) is 0 Å². The van der Waals surface area contributed by atoms with Gasteiger partial charge in [-0.3, -0.25) is 0 Å². The highest BCUT2D eigenvalue weighted by Gasteiger charge is 2.32. The number of alkyl halides is 3. The predicted molar refractivity (Wildman–Crippen MR) is 67.8 cm³/mol. The average Bonchev–Trinajstić information content (AvgIpc) is 2.38. The number of hydrogen-bond acceptors (Lipinski definition) is 3. The van der Waals surface area contributed by atoms with Crippen molar-refractivity contribution in [1.82, 2.24) is 4.31 Å². The summed E-state index contributed by atoms with van der Waals surface area (Å²) >= 11 is 0. The fourth-order valence-electron chi connectivity index (χ4n) is 1.56. The molecule has 0 bridgehead atoms. The zero-order valence-electron chi connectivity index (χ0n) is 11.1. The topological polar surface area (TPSA) is 46.6 Å².